The van der Waals surface area contributed by atoms with Crippen LogP contribution in [0.5, 0.6) is 0 Å². The summed E-state index contributed by atoms with van der Waals surface area (Å²) in [6.07, 6.45) is 0. The first-order valence-corrected chi connectivity index (χ1v) is 7.11. The Morgan fingerprint density at radius 3 is 2.59 bits per heavy atom. The van der Waals surface area contributed by atoms with Crippen LogP contribution < -0.4 is 5.32 Å². The normalized spacial score (nSPS) is 10.5. The van der Waals surface area contributed by atoms with Gasteiger partial charge in [-0.2, -0.15) is 5.10 Å². The van der Waals surface area contributed by atoms with Gasteiger partial charge in [-0.25, -0.2) is 4.79 Å². The van der Waals surface area contributed by atoms with E-state index in [9.17, 15) is 9.59 Å². The summed E-state index contributed by atoms with van der Waals surface area (Å²) in [5.41, 5.74) is 2.20. The number of hydrogen-bond donors (Lipinski definition) is 2. The van der Waals surface area contributed by atoms with E-state index in [1.807, 2.05) is 13.8 Å². The summed E-state index contributed by atoms with van der Waals surface area (Å²) in [5, 5.41) is 16.2. The van der Waals surface area contributed by atoms with E-state index in [4.69, 9.17) is 16.7 Å². The number of anilines is 1. The number of amides is 1. The number of nitrogens with one attached hydrogen (secondary N) is 1. The maximum absolute atomic E-state index is 12.4. The van der Waals surface area contributed by atoms with Crippen molar-refractivity contribution in [2.45, 2.75) is 27.3 Å². The van der Waals surface area contributed by atoms with E-state index in [1.54, 1.807) is 17.7 Å². The Hall–Kier alpha value is -2.34. The van der Waals surface area contributed by atoms with Crippen LogP contribution in [0.2, 0.25) is 5.02 Å². The van der Waals surface area contributed by atoms with Crippen molar-refractivity contribution in [1.82, 2.24) is 9.78 Å². The second kappa shape index (κ2) is 6.19. The molecule has 2 rings (SSSR count). The Morgan fingerprint density at radius 2 is 2.05 bits per heavy atom. The molecule has 6 nitrogen and oxygen atoms in total. The highest BCUT2D eigenvalue weighted by molar-refractivity contribution is 6.33. The molecule has 2 aromatic rings. The molecule has 1 aromatic heterocycles. The summed E-state index contributed by atoms with van der Waals surface area (Å²) in [6, 6.07) is 4.33. The third-order valence-electron chi connectivity index (χ3n) is 3.36. The predicted molar refractivity (Wildman–Crippen MR) is 83.7 cm³/mol. The Kier molecular flexibility index (Phi) is 4.51. The summed E-state index contributed by atoms with van der Waals surface area (Å²) >= 11 is 5.81. The summed E-state index contributed by atoms with van der Waals surface area (Å²) in [6.45, 7) is 6.20. The van der Waals surface area contributed by atoms with Gasteiger partial charge in [-0.1, -0.05) is 11.6 Å². The number of carbonyl (C=O) groups excluding carboxylic acids is 1. The molecule has 7 heteroatoms. The monoisotopic (exact) mass is 321 g/mol. The zero-order chi connectivity index (χ0) is 16.4. The maximum atomic E-state index is 12.4. The summed E-state index contributed by atoms with van der Waals surface area (Å²) in [4.78, 5) is 23.5. The van der Waals surface area contributed by atoms with Gasteiger partial charge in [0.2, 0.25) is 0 Å². The minimum atomic E-state index is -1.15. The van der Waals surface area contributed by atoms with Crippen LogP contribution in [0.4, 0.5) is 5.69 Å². The molecule has 0 aliphatic carbocycles. The highest BCUT2D eigenvalue weighted by Gasteiger charge is 2.19. The SMILES string of the molecule is CCn1nc(C)c(C(=O)Nc2ccc(Cl)c(C(=O)O)c2)c1C. The predicted octanol–water partition coefficient (Wildman–Crippen LogP) is 3.12. The van der Waals surface area contributed by atoms with Gasteiger partial charge in [0.05, 0.1) is 21.8 Å². The smallest absolute Gasteiger partial charge is 0.337 e. The molecule has 0 aliphatic rings. The van der Waals surface area contributed by atoms with Crippen molar-refractivity contribution in [2.24, 2.45) is 0 Å². The average Bonchev–Trinajstić information content (AvgIpc) is 2.75. The van der Waals surface area contributed by atoms with Crippen LogP contribution in [0.15, 0.2) is 18.2 Å². The molecule has 0 spiro atoms. The zero-order valence-electron chi connectivity index (χ0n) is 12.5. The van der Waals surface area contributed by atoms with Gasteiger partial charge >= 0.3 is 5.97 Å². The maximum Gasteiger partial charge on any atom is 0.337 e. The van der Waals surface area contributed by atoms with Gasteiger partial charge in [-0.3, -0.25) is 9.48 Å². The van der Waals surface area contributed by atoms with Gasteiger partial charge in [0.15, 0.2) is 0 Å². The van der Waals surface area contributed by atoms with E-state index in [2.05, 4.69) is 10.4 Å². The fraction of sp³-hybridized carbons (Fsp3) is 0.267. The fourth-order valence-electron chi connectivity index (χ4n) is 2.29. The van der Waals surface area contributed by atoms with Crippen molar-refractivity contribution in [3.05, 3.63) is 45.7 Å². The van der Waals surface area contributed by atoms with E-state index in [1.165, 1.54) is 12.1 Å². The van der Waals surface area contributed by atoms with Gasteiger partial charge in [-0.05, 0) is 39.0 Å². The van der Waals surface area contributed by atoms with Gasteiger partial charge < -0.3 is 10.4 Å². The summed E-state index contributed by atoms with van der Waals surface area (Å²) < 4.78 is 1.74. The van der Waals surface area contributed by atoms with Gasteiger partial charge in [0.25, 0.3) is 5.91 Å². The number of rotatable bonds is 4. The third kappa shape index (κ3) is 2.96. The molecule has 0 unspecified atom stereocenters. The molecule has 0 atom stereocenters. The van der Waals surface area contributed by atoms with Crippen LogP contribution in [-0.4, -0.2) is 26.8 Å². The zero-order valence-corrected chi connectivity index (χ0v) is 13.2. The number of carboxylic acids is 1. The molecule has 116 valence electrons. The highest BCUT2D eigenvalue weighted by atomic mass is 35.5. The lowest BCUT2D eigenvalue weighted by Gasteiger charge is -2.08. The lowest BCUT2D eigenvalue weighted by molar-refractivity contribution is 0.0696. The highest BCUT2D eigenvalue weighted by Crippen LogP contribution is 2.22. The van der Waals surface area contributed by atoms with E-state index in [0.717, 1.165) is 5.69 Å². The first kappa shape index (κ1) is 16.0. The second-order valence-corrected chi connectivity index (χ2v) is 5.22. The van der Waals surface area contributed by atoms with Crippen LogP contribution in [0.1, 0.15) is 39.0 Å². The number of hydrogen-bond acceptors (Lipinski definition) is 3. The molecule has 2 N–H and O–H groups in total. The molecule has 0 bridgehead atoms. The molecule has 0 aliphatic heterocycles. The molecule has 1 heterocycles. The molecule has 0 saturated carbocycles. The van der Waals surface area contributed by atoms with Crippen molar-refractivity contribution in [1.29, 1.82) is 0 Å². The topological polar surface area (TPSA) is 84.2 Å². The third-order valence-corrected chi connectivity index (χ3v) is 3.69. The minimum Gasteiger partial charge on any atom is -0.478 e. The number of halogens is 1. The lowest BCUT2D eigenvalue weighted by atomic mass is 10.1. The summed E-state index contributed by atoms with van der Waals surface area (Å²) in [5.74, 6) is -1.47. The van der Waals surface area contributed by atoms with Gasteiger partial charge in [0.1, 0.15) is 0 Å². The van der Waals surface area contributed by atoms with Gasteiger partial charge in [-0.15, -0.1) is 0 Å². The molecule has 1 amide bonds. The number of aromatic nitrogens is 2. The van der Waals surface area contributed by atoms with Crippen LogP contribution in [0, 0.1) is 13.8 Å². The summed E-state index contributed by atoms with van der Waals surface area (Å²) in [7, 11) is 0. The van der Waals surface area contributed by atoms with E-state index in [-0.39, 0.29) is 16.5 Å². The molecule has 0 fully saturated rings. The van der Waals surface area contributed by atoms with Crippen molar-refractivity contribution in [2.75, 3.05) is 5.32 Å². The Bertz CT molecular complexity index is 753. The Labute approximate surface area is 132 Å². The van der Waals surface area contributed by atoms with Crippen molar-refractivity contribution in [3.8, 4) is 0 Å². The van der Waals surface area contributed by atoms with Crippen LogP contribution in [0.25, 0.3) is 0 Å². The number of aromatic carboxylic acids is 1. The largest absolute Gasteiger partial charge is 0.478 e. The van der Waals surface area contributed by atoms with E-state index >= 15 is 0 Å². The molecule has 0 radical (unpaired) electrons. The molecular weight excluding hydrogens is 306 g/mol. The second-order valence-electron chi connectivity index (χ2n) is 4.82. The average molecular weight is 322 g/mol. The number of nitrogens with zero attached hydrogens (tertiary/aromatic N) is 2. The molecule has 0 saturated heterocycles. The lowest BCUT2D eigenvalue weighted by Crippen LogP contribution is -2.14. The Balaban J connectivity index is 2.32. The number of aryl methyl sites for hydroxylation is 2. The number of carboxylic acid groups (broad SMARTS) is 1. The van der Waals surface area contributed by atoms with Crippen LogP contribution in [0.3, 0.4) is 0 Å². The standard InChI is InChI=1S/C15H16ClN3O3/c1-4-19-9(3)13(8(2)18-19)14(20)17-10-5-6-12(16)11(7-10)15(21)22/h5-7H,4H2,1-3H3,(H,17,20)(H,21,22). The van der Waals surface area contributed by atoms with Crippen molar-refractivity contribution in [3.63, 3.8) is 0 Å². The number of benzene rings is 1. The van der Waals surface area contributed by atoms with Crippen molar-refractivity contribution < 1.29 is 14.7 Å². The first-order chi connectivity index (χ1) is 10.3. The quantitative estimate of drug-likeness (QED) is 0.906. The molecule has 1 aromatic carbocycles. The van der Waals surface area contributed by atoms with Crippen LogP contribution in [-0.2, 0) is 6.54 Å². The van der Waals surface area contributed by atoms with Crippen molar-refractivity contribution >= 4 is 29.2 Å². The fourth-order valence-corrected chi connectivity index (χ4v) is 2.49. The van der Waals surface area contributed by atoms with Crippen LogP contribution >= 0.6 is 11.6 Å². The minimum absolute atomic E-state index is 0.0582. The number of carbonyl (C=O) groups is 2. The molecular formula is C15H16ClN3O3. The molecule has 22 heavy (non-hydrogen) atoms. The Morgan fingerprint density at radius 1 is 1.36 bits per heavy atom. The van der Waals surface area contributed by atoms with Gasteiger partial charge in [0, 0.05) is 17.9 Å². The first-order valence-electron chi connectivity index (χ1n) is 6.73. The van der Waals surface area contributed by atoms with E-state index in [0.29, 0.717) is 23.5 Å². The van der Waals surface area contributed by atoms with E-state index < -0.39 is 5.97 Å².